The van der Waals surface area contributed by atoms with E-state index < -0.39 is 0 Å². The number of nitro benzene ring substituents is 1. The molecule has 1 atom stereocenters. The van der Waals surface area contributed by atoms with E-state index in [2.05, 4.69) is 5.32 Å². The molecule has 1 N–H and O–H groups in total. The van der Waals surface area contributed by atoms with Crippen LogP contribution in [0.25, 0.3) is 0 Å². The van der Waals surface area contributed by atoms with Gasteiger partial charge >= 0.3 is 0 Å². The van der Waals surface area contributed by atoms with Gasteiger partial charge in [-0.2, -0.15) is 0 Å². The number of nitrogens with one attached hydrogen (secondary N) is 1. The van der Waals surface area contributed by atoms with Gasteiger partial charge in [0.2, 0.25) is 0 Å². The first-order valence-corrected chi connectivity index (χ1v) is 6.29. The third kappa shape index (κ3) is 3.39. The quantitative estimate of drug-likeness (QED) is 0.669. The number of hydrogen-bond acceptors (Lipinski definition) is 3. The molecule has 5 heteroatoms. The lowest BCUT2D eigenvalue weighted by atomic mass is 10.1. The van der Waals surface area contributed by atoms with Gasteiger partial charge in [0.25, 0.3) is 5.69 Å². The fourth-order valence-electron chi connectivity index (χ4n) is 1.97. The van der Waals surface area contributed by atoms with Gasteiger partial charge in [-0.25, -0.2) is 4.39 Å². The molecule has 104 valence electrons. The molecule has 0 heterocycles. The van der Waals surface area contributed by atoms with Crippen LogP contribution in [0.15, 0.2) is 48.5 Å². The summed E-state index contributed by atoms with van der Waals surface area (Å²) in [7, 11) is 0. The van der Waals surface area contributed by atoms with E-state index >= 15 is 0 Å². The number of hydrogen-bond donors (Lipinski definition) is 1. The van der Waals surface area contributed by atoms with E-state index in [0.29, 0.717) is 12.1 Å². The smallest absolute Gasteiger partial charge is 0.273 e. The molecule has 0 amide bonds. The van der Waals surface area contributed by atoms with E-state index in [1.54, 1.807) is 30.3 Å². The van der Waals surface area contributed by atoms with E-state index in [4.69, 9.17) is 0 Å². The van der Waals surface area contributed by atoms with Gasteiger partial charge in [0, 0.05) is 24.2 Å². The van der Waals surface area contributed by atoms with Gasteiger partial charge in [-0.15, -0.1) is 0 Å². The predicted molar refractivity (Wildman–Crippen MR) is 74.8 cm³/mol. The molecule has 2 aromatic rings. The molecule has 1 unspecified atom stereocenters. The van der Waals surface area contributed by atoms with Crippen LogP contribution in [0.4, 0.5) is 10.1 Å². The molecule has 0 aliphatic carbocycles. The molecule has 0 aliphatic rings. The molecule has 0 bridgehead atoms. The van der Waals surface area contributed by atoms with E-state index in [0.717, 1.165) is 5.56 Å². The molecule has 0 aromatic heterocycles. The Bertz CT molecular complexity index is 599. The van der Waals surface area contributed by atoms with Crippen molar-refractivity contribution in [2.75, 3.05) is 0 Å². The number of halogens is 1. The van der Waals surface area contributed by atoms with Crippen LogP contribution in [-0.4, -0.2) is 4.92 Å². The maximum atomic E-state index is 12.8. The third-order valence-corrected chi connectivity index (χ3v) is 3.16. The number of nitro groups is 1. The highest BCUT2D eigenvalue weighted by Crippen LogP contribution is 2.19. The second-order valence-corrected chi connectivity index (χ2v) is 4.54. The van der Waals surface area contributed by atoms with Gasteiger partial charge in [0.05, 0.1) is 4.92 Å². The van der Waals surface area contributed by atoms with Gasteiger partial charge in [-0.3, -0.25) is 10.1 Å². The maximum absolute atomic E-state index is 12.8. The van der Waals surface area contributed by atoms with Crippen LogP contribution in [-0.2, 0) is 6.54 Å². The molecule has 0 saturated carbocycles. The van der Waals surface area contributed by atoms with Crippen molar-refractivity contribution < 1.29 is 9.31 Å². The van der Waals surface area contributed by atoms with Crippen LogP contribution in [0, 0.1) is 15.9 Å². The highest BCUT2D eigenvalue weighted by molar-refractivity contribution is 5.39. The van der Waals surface area contributed by atoms with Crippen LogP contribution in [0.5, 0.6) is 0 Å². The van der Waals surface area contributed by atoms with Crippen LogP contribution in [0.1, 0.15) is 24.1 Å². The Morgan fingerprint density at radius 3 is 2.50 bits per heavy atom. The van der Waals surface area contributed by atoms with Crippen molar-refractivity contribution in [2.45, 2.75) is 19.5 Å². The number of rotatable bonds is 5. The summed E-state index contributed by atoms with van der Waals surface area (Å²) in [5.74, 6) is -0.278. The van der Waals surface area contributed by atoms with Crippen LogP contribution < -0.4 is 5.32 Å². The summed E-state index contributed by atoms with van der Waals surface area (Å²) in [5.41, 5.74) is 1.67. The molecule has 0 radical (unpaired) electrons. The molecule has 20 heavy (non-hydrogen) atoms. The van der Waals surface area contributed by atoms with Gasteiger partial charge < -0.3 is 5.32 Å². The summed E-state index contributed by atoms with van der Waals surface area (Å²) in [5, 5.41) is 14.1. The Balaban J connectivity index is 2.05. The average Bonchev–Trinajstić information content (AvgIpc) is 2.45. The van der Waals surface area contributed by atoms with Gasteiger partial charge in [-0.05, 0) is 24.6 Å². The minimum Gasteiger partial charge on any atom is -0.306 e. The van der Waals surface area contributed by atoms with Gasteiger partial charge in [0.1, 0.15) is 5.82 Å². The highest BCUT2D eigenvalue weighted by atomic mass is 19.1. The fraction of sp³-hybridized carbons (Fsp3) is 0.200. The molecule has 0 saturated heterocycles. The van der Waals surface area contributed by atoms with Crippen molar-refractivity contribution in [2.24, 2.45) is 0 Å². The summed E-state index contributed by atoms with van der Waals surface area (Å²) in [6, 6.07) is 12.8. The SMILES string of the molecule is CC(NCc1ccccc1[N+](=O)[O-])c1ccc(F)cc1. The van der Waals surface area contributed by atoms with Crippen molar-refractivity contribution in [1.82, 2.24) is 5.32 Å². The molecule has 0 aliphatic heterocycles. The number of nitrogens with zero attached hydrogens (tertiary/aromatic N) is 1. The predicted octanol–water partition coefficient (Wildman–Crippen LogP) is 3.58. The summed E-state index contributed by atoms with van der Waals surface area (Å²) < 4.78 is 12.8. The van der Waals surface area contributed by atoms with Crippen molar-refractivity contribution >= 4 is 5.69 Å². The van der Waals surface area contributed by atoms with Crippen molar-refractivity contribution in [1.29, 1.82) is 0 Å². The van der Waals surface area contributed by atoms with Crippen molar-refractivity contribution in [3.8, 4) is 0 Å². The molecule has 4 nitrogen and oxygen atoms in total. The number of benzene rings is 2. The zero-order valence-electron chi connectivity index (χ0n) is 11.0. The molecular formula is C15H15FN2O2. The maximum Gasteiger partial charge on any atom is 0.273 e. The zero-order valence-corrected chi connectivity index (χ0v) is 11.0. The Morgan fingerprint density at radius 1 is 1.20 bits per heavy atom. The first kappa shape index (κ1) is 14.1. The Morgan fingerprint density at radius 2 is 1.85 bits per heavy atom. The van der Waals surface area contributed by atoms with Crippen molar-refractivity contribution in [3.05, 3.63) is 75.6 Å². The van der Waals surface area contributed by atoms with Gasteiger partial charge in [0.15, 0.2) is 0 Å². The van der Waals surface area contributed by atoms with Crippen LogP contribution in [0.3, 0.4) is 0 Å². The van der Waals surface area contributed by atoms with E-state index in [-0.39, 0.29) is 22.5 Å². The van der Waals surface area contributed by atoms with E-state index in [1.807, 2.05) is 6.92 Å². The average molecular weight is 274 g/mol. The largest absolute Gasteiger partial charge is 0.306 e. The Kier molecular flexibility index (Phi) is 4.42. The lowest BCUT2D eigenvalue weighted by molar-refractivity contribution is -0.385. The molecular weight excluding hydrogens is 259 g/mol. The lowest BCUT2D eigenvalue weighted by Gasteiger charge is -2.14. The molecule has 2 rings (SSSR count). The van der Waals surface area contributed by atoms with E-state index in [1.165, 1.54) is 18.2 Å². The first-order valence-electron chi connectivity index (χ1n) is 6.29. The molecule has 0 fully saturated rings. The molecule has 0 spiro atoms. The molecule has 2 aromatic carbocycles. The minimum absolute atomic E-state index is 0.0181. The topological polar surface area (TPSA) is 55.2 Å². The summed E-state index contributed by atoms with van der Waals surface area (Å²) in [6.07, 6.45) is 0. The second kappa shape index (κ2) is 6.25. The van der Waals surface area contributed by atoms with Crippen LogP contribution in [0.2, 0.25) is 0 Å². The third-order valence-electron chi connectivity index (χ3n) is 3.16. The summed E-state index contributed by atoms with van der Waals surface area (Å²) in [6.45, 7) is 2.32. The Labute approximate surface area is 116 Å². The first-order chi connectivity index (χ1) is 9.58. The standard InChI is InChI=1S/C15H15FN2O2/c1-11(12-6-8-14(16)9-7-12)17-10-13-4-2-3-5-15(13)18(19)20/h2-9,11,17H,10H2,1H3. The number of para-hydroxylation sites is 1. The second-order valence-electron chi connectivity index (χ2n) is 4.54. The van der Waals surface area contributed by atoms with Crippen molar-refractivity contribution in [3.63, 3.8) is 0 Å². The monoisotopic (exact) mass is 274 g/mol. The Hall–Kier alpha value is -2.27. The zero-order chi connectivity index (χ0) is 14.5. The fourth-order valence-corrected chi connectivity index (χ4v) is 1.97. The summed E-state index contributed by atoms with van der Waals surface area (Å²) >= 11 is 0. The van der Waals surface area contributed by atoms with Crippen LogP contribution >= 0.6 is 0 Å². The normalized spacial score (nSPS) is 12.1. The minimum atomic E-state index is -0.389. The lowest BCUT2D eigenvalue weighted by Crippen LogP contribution is -2.18. The van der Waals surface area contributed by atoms with Gasteiger partial charge in [-0.1, -0.05) is 30.3 Å². The summed E-state index contributed by atoms with van der Waals surface area (Å²) in [4.78, 5) is 10.5. The van der Waals surface area contributed by atoms with E-state index in [9.17, 15) is 14.5 Å². The highest BCUT2D eigenvalue weighted by Gasteiger charge is 2.13.